The number of rotatable bonds is 3. The van der Waals surface area contributed by atoms with Gasteiger partial charge in [0.15, 0.2) is 11.6 Å². The molecule has 0 saturated carbocycles. The lowest BCUT2D eigenvalue weighted by Gasteiger charge is -2.25. The Labute approximate surface area is 109 Å². The molecule has 1 aliphatic heterocycles. The van der Waals surface area contributed by atoms with E-state index in [1.165, 1.54) is 13.8 Å². The van der Waals surface area contributed by atoms with E-state index >= 15 is 0 Å². The summed E-state index contributed by atoms with van der Waals surface area (Å²) in [5, 5.41) is 0. The van der Waals surface area contributed by atoms with E-state index in [0.717, 1.165) is 18.7 Å². The number of carbonyl (C=O) groups is 4. The molecule has 1 aliphatic rings. The fourth-order valence-electron chi connectivity index (χ4n) is 1.62. The van der Waals surface area contributed by atoms with E-state index in [1.54, 1.807) is 0 Å². The van der Waals surface area contributed by atoms with Crippen LogP contribution in [0.15, 0.2) is 4.99 Å². The van der Waals surface area contributed by atoms with Crippen LogP contribution in [0.4, 0.5) is 0 Å². The van der Waals surface area contributed by atoms with Gasteiger partial charge in [-0.05, 0) is 0 Å². The van der Waals surface area contributed by atoms with Gasteiger partial charge in [-0.25, -0.2) is 4.99 Å². The second-order valence-corrected chi connectivity index (χ2v) is 3.90. The zero-order chi connectivity index (χ0) is 14.7. The van der Waals surface area contributed by atoms with E-state index in [0.29, 0.717) is 0 Å². The maximum Gasteiger partial charge on any atom is 0.304 e. The minimum Gasteiger partial charge on any atom is -0.435 e. The van der Waals surface area contributed by atoms with Crippen molar-refractivity contribution in [2.75, 3.05) is 0 Å². The van der Waals surface area contributed by atoms with Gasteiger partial charge in [-0.3, -0.25) is 24.1 Å². The number of aliphatic imine (C=N–C) groups is 1. The Bertz CT molecular complexity index is 470. The van der Waals surface area contributed by atoms with Crippen LogP contribution in [0.5, 0.6) is 0 Å². The zero-order valence-electron chi connectivity index (χ0n) is 11.0. The molecule has 2 atom stereocenters. The molecule has 0 fully saturated rings. The first-order valence-corrected chi connectivity index (χ1v) is 5.47. The van der Waals surface area contributed by atoms with Crippen molar-refractivity contribution in [2.45, 2.75) is 40.2 Å². The maximum atomic E-state index is 11.5. The highest BCUT2D eigenvalue weighted by atomic mass is 16.6. The zero-order valence-corrected chi connectivity index (χ0v) is 11.0. The molecule has 0 aliphatic carbocycles. The van der Waals surface area contributed by atoms with Crippen LogP contribution in [0.3, 0.4) is 0 Å². The molecule has 0 aromatic rings. The summed E-state index contributed by atoms with van der Waals surface area (Å²) >= 11 is 0. The van der Waals surface area contributed by atoms with Gasteiger partial charge in [0.05, 0.1) is 0 Å². The molecule has 8 heteroatoms. The van der Waals surface area contributed by atoms with Crippen LogP contribution in [0, 0.1) is 0 Å². The lowest BCUT2D eigenvalue weighted by atomic mass is 10.3. The van der Waals surface area contributed by atoms with Crippen molar-refractivity contribution in [1.29, 1.82) is 0 Å². The first kappa shape index (κ1) is 14.8. The highest BCUT2D eigenvalue weighted by Gasteiger charge is 2.44. The van der Waals surface area contributed by atoms with Crippen molar-refractivity contribution in [3.63, 3.8) is 0 Å². The third-order valence-electron chi connectivity index (χ3n) is 2.20. The number of ether oxygens (including phenoxy) is 2. The van der Waals surface area contributed by atoms with Crippen LogP contribution >= 0.6 is 0 Å². The molecule has 2 unspecified atom stereocenters. The Morgan fingerprint density at radius 3 is 1.89 bits per heavy atom. The monoisotopic (exact) mass is 270 g/mol. The molecule has 0 saturated heterocycles. The number of carbonyl (C=O) groups excluding carboxylic acids is 4. The molecule has 0 aromatic heterocycles. The van der Waals surface area contributed by atoms with Gasteiger partial charge in [0.2, 0.25) is 12.1 Å². The first-order valence-electron chi connectivity index (χ1n) is 5.47. The fraction of sp³-hybridized carbons (Fsp3) is 0.545. The van der Waals surface area contributed by atoms with Gasteiger partial charge in [-0.1, -0.05) is 0 Å². The first-order chi connectivity index (χ1) is 8.73. The van der Waals surface area contributed by atoms with Crippen LogP contribution in [0.25, 0.3) is 0 Å². The number of Topliss-reactive ketones (excluding diaryl/α,β-unsaturated/α-hetero) is 1. The smallest absolute Gasteiger partial charge is 0.304 e. The quantitative estimate of drug-likeness (QED) is 0.647. The van der Waals surface area contributed by atoms with Crippen LogP contribution in [0.1, 0.15) is 27.7 Å². The summed E-state index contributed by atoms with van der Waals surface area (Å²) in [7, 11) is 0. The molecular formula is C11H14N2O6. The number of amides is 1. The number of hydrogen-bond donors (Lipinski definition) is 0. The van der Waals surface area contributed by atoms with Crippen molar-refractivity contribution in [3.05, 3.63) is 0 Å². The average Bonchev–Trinajstić information content (AvgIpc) is 2.55. The number of esters is 2. The summed E-state index contributed by atoms with van der Waals surface area (Å²) in [5.41, 5.74) is 0. The summed E-state index contributed by atoms with van der Waals surface area (Å²) in [5.74, 6) is -2.60. The molecule has 0 aromatic carbocycles. The van der Waals surface area contributed by atoms with Gasteiger partial charge < -0.3 is 9.47 Å². The predicted molar refractivity (Wildman–Crippen MR) is 61.7 cm³/mol. The molecule has 1 amide bonds. The average molecular weight is 270 g/mol. The Kier molecular flexibility index (Phi) is 4.36. The third kappa shape index (κ3) is 3.36. The van der Waals surface area contributed by atoms with E-state index in [4.69, 9.17) is 9.47 Å². The SMILES string of the molecule is CC(=O)OC1N=C(C(C)=O)N(C(C)=O)C1OC(C)=O. The van der Waals surface area contributed by atoms with Gasteiger partial charge in [0, 0.05) is 27.7 Å². The van der Waals surface area contributed by atoms with E-state index in [-0.39, 0.29) is 5.84 Å². The lowest BCUT2D eigenvalue weighted by Crippen LogP contribution is -2.47. The van der Waals surface area contributed by atoms with E-state index in [1.807, 2.05) is 0 Å². The molecule has 1 heterocycles. The minimum atomic E-state index is -1.25. The van der Waals surface area contributed by atoms with Crippen LogP contribution in [0.2, 0.25) is 0 Å². The van der Waals surface area contributed by atoms with Crippen molar-refractivity contribution in [1.82, 2.24) is 4.90 Å². The Morgan fingerprint density at radius 1 is 1.00 bits per heavy atom. The van der Waals surface area contributed by atoms with Gasteiger partial charge in [0.25, 0.3) is 6.23 Å². The maximum absolute atomic E-state index is 11.5. The molecule has 104 valence electrons. The summed E-state index contributed by atoms with van der Waals surface area (Å²) in [6.07, 6.45) is -2.48. The Morgan fingerprint density at radius 2 is 1.53 bits per heavy atom. The van der Waals surface area contributed by atoms with Crippen molar-refractivity contribution < 1.29 is 28.7 Å². The van der Waals surface area contributed by atoms with E-state index < -0.39 is 36.1 Å². The lowest BCUT2D eigenvalue weighted by molar-refractivity contribution is -0.175. The minimum absolute atomic E-state index is 0.204. The summed E-state index contributed by atoms with van der Waals surface area (Å²) in [6, 6.07) is 0. The van der Waals surface area contributed by atoms with Crippen LogP contribution in [-0.2, 0) is 28.7 Å². The second kappa shape index (κ2) is 5.59. The molecule has 0 spiro atoms. The summed E-state index contributed by atoms with van der Waals surface area (Å²) < 4.78 is 9.74. The number of amidine groups is 1. The Balaban J connectivity index is 3.12. The highest BCUT2D eigenvalue weighted by molar-refractivity contribution is 6.40. The molecule has 8 nitrogen and oxygen atoms in total. The van der Waals surface area contributed by atoms with Crippen molar-refractivity contribution in [3.8, 4) is 0 Å². The van der Waals surface area contributed by atoms with E-state index in [2.05, 4.69) is 4.99 Å². The van der Waals surface area contributed by atoms with Gasteiger partial charge in [-0.15, -0.1) is 0 Å². The molecule has 0 N–H and O–H groups in total. The Hall–Kier alpha value is -2.25. The summed E-state index contributed by atoms with van der Waals surface area (Å²) in [6.45, 7) is 4.67. The fourth-order valence-corrected chi connectivity index (χ4v) is 1.62. The molecule has 0 bridgehead atoms. The number of nitrogens with zero attached hydrogens (tertiary/aromatic N) is 2. The van der Waals surface area contributed by atoms with Gasteiger partial charge in [-0.2, -0.15) is 0 Å². The molecular weight excluding hydrogens is 256 g/mol. The standard InChI is InChI=1S/C11H14N2O6/c1-5(14)9-12-10(18-7(3)16)11(19-8(4)17)13(9)6(2)15/h10-11H,1-4H3. The van der Waals surface area contributed by atoms with Crippen molar-refractivity contribution in [2.24, 2.45) is 4.99 Å². The number of hydrogen-bond acceptors (Lipinski definition) is 7. The summed E-state index contributed by atoms with van der Waals surface area (Å²) in [4.78, 5) is 49.7. The van der Waals surface area contributed by atoms with E-state index in [9.17, 15) is 19.2 Å². The number of ketones is 1. The molecule has 0 radical (unpaired) electrons. The molecule has 1 rings (SSSR count). The largest absolute Gasteiger partial charge is 0.435 e. The topological polar surface area (TPSA) is 102 Å². The van der Waals surface area contributed by atoms with Gasteiger partial charge in [0.1, 0.15) is 0 Å². The van der Waals surface area contributed by atoms with Gasteiger partial charge >= 0.3 is 11.9 Å². The van der Waals surface area contributed by atoms with Crippen molar-refractivity contribution >= 4 is 29.5 Å². The van der Waals surface area contributed by atoms with Crippen LogP contribution < -0.4 is 0 Å². The molecule has 19 heavy (non-hydrogen) atoms. The third-order valence-corrected chi connectivity index (χ3v) is 2.20. The normalized spacial score (nSPS) is 21.7. The second-order valence-electron chi connectivity index (χ2n) is 3.90. The van der Waals surface area contributed by atoms with Crippen LogP contribution in [-0.4, -0.2) is 46.8 Å². The highest BCUT2D eigenvalue weighted by Crippen LogP contribution is 2.21. The predicted octanol–water partition coefficient (Wildman–Crippen LogP) is -0.386.